The van der Waals surface area contributed by atoms with Crippen LogP contribution in [0.15, 0.2) is 11.6 Å². The lowest BCUT2D eigenvalue weighted by Crippen LogP contribution is -2.45. The van der Waals surface area contributed by atoms with Crippen LogP contribution in [0.1, 0.15) is 73.1 Å². The minimum Gasteiger partial charge on any atom is -0.0779 e. The molecule has 0 spiro atoms. The second-order valence-electron chi connectivity index (χ2n) is 5.58. The molecule has 0 aromatic carbocycles. The zero-order valence-electron chi connectivity index (χ0n) is 11.3. The Morgan fingerprint density at radius 2 is 1.67 bits per heavy atom. The maximum absolute atomic E-state index is 2.56. The molecule has 0 aromatic rings. The van der Waals surface area contributed by atoms with Crippen LogP contribution in [0.3, 0.4) is 0 Å². The zero-order valence-corrected chi connectivity index (χ0v) is 11.3. The van der Waals surface area contributed by atoms with Crippen molar-refractivity contribution in [1.82, 2.24) is 0 Å². The van der Waals surface area contributed by atoms with Crippen LogP contribution in [-0.2, 0) is 0 Å². The molecule has 0 bridgehead atoms. The van der Waals surface area contributed by atoms with Gasteiger partial charge in [-0.25, -0.2) is 0 Å². The van der Waals surface area contributed by atoms with Gasteiger partial charge >= 0.3 is 0 Å². The Hall–Kier alpha value is -0.260. The Balaban J connectivity index is 2.63. The molecule has 88 valence electrons. The van der Waals surface area contributed by atoms with Gasteiger partial charge in [-0.1, -0.05) is 59.1 Å². The SMILES string of the molecule is CCCCCC1=CC(C)(CC)C1(C)CC. The van der Waals surface area contributed by atoms with E-state index in [9.17, 15) is 0 Å². The van der Waals surface area contributed by atoms with Crippen molar-refractivity contribution in [1.29, 1.82) is 0 Å². The van der Waals surface area contributed by atoms with E-state index in [-0.39, 0.29) is 0 Å². The van der Waals surface area contributed by atoms with Crippen molar-refractivity contribution in [2.75, 3.05) is 0 Å². The second kappa shape index (κ2) is 4.72. The summed E-state index contributed by atoms with van der Waals surface area (Å²) >= 11 is 0. The van der Waals surface area contributed by atoms with E-state index < -0.39 is 0 Å². The predicted molar refractivity (Wildman–Crippen MR) is 69.0 cm³/mol. The first-order valence-corrected chi connectivity index (χ1v) is 6.76. The topological polar surface area (TPSA) is 0 Å². The molecule has 1 aliphatic rings. The summed E-state index contributed by atoms with van der Waals surface area (Å²) in [4.78, 5) is 0. The number of allylic oxidation sites excluding steroid dienone is 2. The largest absolute Gasteiger partial charge is 0.0779 e. The minimum absolute atomic E-state index is 0.475. The smallest absolute Gasteiger partial charge is 0.00306 e. The molecule has 0 N–H and O–H groups in total. The quantitative estimate of drug-likeness (QED) is 0.408. The highest BCUT2D eigenvalue weighted by Gasteiger charge is 2.49. The van der Waals surface area contributed by atoms with Gasteiger partial charge in [0.25, 0.3) is 0 Å². The third-order valence-corrected chi connectivity index (χ3v) is 4.95. The molecule has 0 aliphatic heterocycles. The molecule has 2 atom stereocenters. The van der Waals surface area contributed by atoms with Crippen molar-refractivity contribution in [2.45, 2.75) is 73.1 Å². The van der Waals surface area contributed by atoms with Gasteiger partial charge in [-0.3, -0.25) is 0 Å². The van der Waals surface area contributed by atoms with E-state index in [1.54, 1.807) is 5.57 Å². The molecule has 0 aromatic heterocycles. The Morgan fingerprint density at radius 1 is 1.00 bits per heavy atom. The van der Waals surface area contributed by atoms with Crippen LogP contribution < -0.4 is 0 Å². The van der Waals surface area contributed by atoms with Gasteiger partial charge in [0.1, 0.15) is 0 Å². The third-order valence-electron chi connectivity index (χ3n) is 4.95. The highest BCUT2D eigenvalue weighted by atomic mass is 14.5. The van der Waals surface area contributed by atoms with Gasteiger partial charge in [-0.2, -0.15) is 0 Å². The summed E-state index contributed by atoms with van der Waals surface area (Å²) in [6.07, 6.45) is 10.6. The van der Waals surface area contributed by atoms with E-state index >= 15 is 0 Å². The number of hydrogen-bond donors (Lipinski definition) is 0. The highest BCUT2D eigenvalue weighted by molar-refractivity contribution is 5.33. The van der Waals surface area contributed by atoms with Crippen molar-refractivity contribution >= 4 is 0 Å². The summed E-state index contributed by atoms with van der Waals surface area (Å²) in [6.45, 7) is 11.9. The van der Waals surface area contributed by atoms with Crippen molar-refractivity contribution < 1.29 is 0 Å². The summed E-state index contributed by atoms with van der Waals surface area (Å²) in [5.41, 5.74) is 2.71. The Labute approximate surface area is 96.2 Å². The fraction of sp³-hybridized carbons (Fsp3) is 0.867. The Morgan fingerprint density at radius 3 is 2.13 bits per heavy atom. The molecule has 0 heterocycles. The fourth-order valence-corrected chi connectivity index (χ4v) is 3.03. The first-order chi connectivity index (χ1) is 7.04. The van der Waals surface area contributed by atoms with E-state index in [1.165, 1.54) is 38.5 Å². The molecule has 0 amide bonds. The summed E-state index contributed by atoms with van der Waals surface area (Å²) in [5, 5.41) is 0. The molecule has 2 unspecified atom stereocenters. The molecule has 1 rings (SSSR count). The van der Waals surface area contributed by atoms with Gasteiger partial charge < -0.3 is 0 Å². The third kappa shape index (κ3) is 2.00. The Kier molecular flexibility index (Phi) is 4.03. The maximum Gasteiger partial charge on any atom is -0.00306 e. The van der Waals surface area contributed by atoms with Gasteiger partial charge in [0.15, 0.2) is 0 Å². The zero-order chi connectivity index (χ0) is 11.5. The molecule has 0 fully saturated rings. The summed E-state index contributed by atoms with van der Waals surface area (Å²) < 4.78 is 0. The van der Waals surface area contributed by atoms with E-state index in [1.807, 2.05) is 0 Å². The first-order valence-electron chi connectivity index (χ1n) is 6.76. The highest BCUT2D eigenvalue weighted by Crippen LogP contribution is 2.60. The maximum atomic E-state index is 2.56. The van der Waals surface area contributed by atoms with Gasteiger partial charge in [-0.05, 0) is 36.5 Å². The van der Waals surface area contributed by atoms with Crippen LogP contribution in [0, 0.1) is 10.8 Å². The van der Waals surface area contributed by atoms with E-state index in [0.717, 1.165) is 0 Å². The summed E-state index contributed by atoms with van der Waals surface area (Å²) in [6, 6.07) is 0. The number of unbranched alkanes of at least 4 members (excludes halogenated alkanes) is 2. The van der Waals surface area contributed by atoms with Crippen molar-refractivity contribution in [2.24, 2.45) is 10.8 Å². The first kappa shape index (κ1) is 12.8. The number of hydrogen-bond acceptors (Lipinski definition) is 0. The normalized spacial score (nSPS) is 34.9. The van der Waals surface area contributed by atoms with Crippen LogP contribution in [-0.4, -0.2) is 0 Å². The van der Waals surface area contributed by atoms with Crippen LogP contribution in [0.4, 0.5) is 0 Å². The van der Waals surface area contributed by atoms with Crippen molar-refractivity contribution in [3.8, 4) is 0 Å². The summed E-state index contributed by atoms with van der Waals surface area (Å²) in [7, 11) is 0. The van der Waals surface area contributed by atoms with Gasteiger partial charge in [0.2, 0.25) is 0 Å². The lowest BCUT2D eigenvalue weighted by atomic mass is 9.49. The average molecular weight is 208 g/mol. The molecule has 0 saturated carbocycles. The molecule has 0 radical (unpaired) electrons. The van der Waals surface area contributed by atoms with Crippen LogP contribution in [0.25, 0.3) is 0 Å². The molecule has 1 aliphatic carbocycles. The van der Waals surface area contributed by atoms with Gasteiger partial charge in [0.05, 0.1) is 0 Å². The van der Waals surface area contributed by atoms with Crippen molar-refractivity contribution in [3.63, 3.8) is 0 Å². The fourth-order valence-electron chi connectivity index (χ4n) is 3.03. The molecular formula is C15H28. The lowest BCUT2D eigenvalue weighted by molar-refractivity contribution is 0.101. The summed E-state index contributed by atoms with van der Waals surface area (Å²) in [5.74, 6) is 0. The standard InChI is InChI=1S/C15H28/c1-6-9-10-11-13-12-14(4,7-2)15(13,5)8-3/h12H,6-11H2,1-5H3. The molecule has 15 heavy (non-hydrogen) atoms. The van der Waals surface area contributed by atoms with Crippen molar-refractivity contribution in [3.05, 3.63) is 11.6 Å². The molecule has 0 nitrogen and oxygen atoms in total. The van der Waals surface area contributed by atoms with Crippen LogP contribution in [0.2, 0.25) is 0 Å². The van der Waals surface area contributed by atoms with Crippen LogP contribution >= 0.6 is 0 Å². The molecule has 0 heteroatoms. The average Bonchev–Trinajstić information content (AvgIpc) is 2.26. The second-order valence-corrected chi connectivity index (χ2v) is 5.58. The van der Waals surface area contributed by atoms with E-state index in [0.29, 0.717) is 10.8 Å². The molecular weight excluding hydrogens is 180 g/mol. The van der Waals surface area contributed by atoms with Crippen LogP contribution in [0.5, 0.6) is 0 Å². The predicted octanol–water partition coefficient (Wildman–Crippen LogP) is 5.34. The van der Waals surface area contributed by atoms with Gasteiger partial charge in [0, 0.05) is 0 Å². The van der Waals surface area contributed by atoms with E-state index in [4.69, 9.17) is 0 Å². The molecule has 0 saturated heterocycles. The lowest BCUT2D eigenvalue weighted by Gasteiger charge is -2.55. The minimum atomic E-state index is 0.475. The van der Waals surface area contributed by atoms with Gasteiger partial charge in [-0.15, -0.1) is 0 Å². The Bertz CT molecular complexity index is 238. The number of rotatable bonds is 6. The van der Waals surface area contributed by atoms with E-state index in [2.05, 4.69) is 40.7 Å². The monoisotopic (exact) mass is 208 g/mol.